The van der Waals surface area contributed by atoms with Crippen molar-refractivity contribution in [2.24, 2.45) is 0 Å². The number of ether oxygens (including phenoxy) is 1. The number of nitro benzene ring substituents is 1. The fourth-order valence-corrected chi connectivity index (χ4v) is 3.07. The lowest BCUT2D eigenvalue weighted by Gasteiger charge is -2.10. The third kappa shape index (κ3) is 4.03. The lowest BCUT2D eigenvalue weighted by atomic mass is 10.2. The number of rotatable bonds is 5. The van der Waals surface area contributed by atoms with Crippen LogP contribution in [0.1, 0.15) is 5.56 Å². The topological polar surface area (TPSA) is 64.4 Å². The summed E-state index contributed by atoms with van der Waals surface area (Å²) in [5.41, 5.74) is 1.14. The molecule has 2 aromatic rings. The summed E-state index contributed by atoms with van der Waals surface area (Å²) in [4.78, 5) is 10.3. The molecule has 0 atom stereocenters. The number of nitrogens with zero attached hydrogens (tertiary/aromatic N) is 1. The van der Waals surface area contributed by atoms with Gasteiger partial charge in [0.15, 0.2) is 5.75 Å². The van der Waals surface area contributed by atoms with Gasteiger partial charge in [0.2, 0.25) is 0 Å². The van der Waals surface area contributed by atoms with Crippen LogP contribution in [0.2, 0.25) is 0 Å². The molecule has 7 heteroatoms. The van der Waals surface area contributed by atoms with Crippen molar-refractivity contribution < 1.29 is 9.66 Å². The molecule has 0 fully saturated rings. The van der Waals surface area contributed by atoms with Gasteiger partial charge >= 0.3 is 0 Å². The van der Waals surface area contributed by atoms with Crippen molar-refractivity contribution in [1.82, 2.24) is 5.32 Å². The predicted octanol–water partition coefficient (Wildman–Crippen LogP) is 4.63. The number of hydrogen-bond donors (Lipinski definition) is 1. The van der Waals surface area contributed by atoms with Gasteiger partial charge in [-0.25, -0.2) is 0 Å². The quantitative estimate of drug-likeness (QED) is 0.571. The highest BCUT2D eigenvalue weighted by atomic mass is 79.9. The standard InChI is InChI=1S/C14H12Br2N2O3/c1-17-8-9-2-4-11(5-3-9)21-14-12(15)6-10(18(19)20)7-13(14)16/h2-7,17H,8H2,1H3. The van der Waals surface area contributed by atoms with E-state index in [-0.39, 0.29) is 5.69 Å². The van der Waals surface area contributed by atoms with Gasteiger partial charge in [-0.1, -0.05) is 12.1 Å². The van der Waals surface area contributed by atoms with Crippen molar-refractivity contribution in [2.75, 3.05) is 7.05 Å². The summed E-state index contributed by atoms with van der Waals surface area (Å²) in [5.74, 6) is 1.16. The van der Waals surface area contributed by atoms with Crippen LogP contribution in [0.15, 0.2) is 45.3 Å². The van der Waals surface area contributed by atoms with Crippen LogP contribution in [0.3, 0.4) is 0 Å². The van der Waals surface area contributed by atoms with Crippen molar-refractivity contribution >= 4 is 37.5 Å². The van der Waals surface area contributed by atoms with E-state index in [2.05, 4.69) is 37.2 Å². The number of nitro groups is 1. The van der Waals surface area contributed by atoms with Gasteiger partial charge in [0.05, 0.1) is 13.9 Å². The van der Waals surface area contributed by atoms with E-state index in [1.165, 1.54) is 12.1 Å². The number of halogens is 2. The van der Waals surface area contributed by atoms with E-state index in [1.54, 1.807) is 0 Å². The molecule has 21 heavy (non-hydrogen) atoms. The van der Waals surface area contributed by atoms with Crippen LogP contribution in [0, 0.1) is 10.1 Å². The molecule has 0 saturated carbocycles. The Kier molecular flexibility index (Phi) is 5.33. The summed E-state index contributed by atoms with van der Waals surface area (Å²) in [7, 11) is 1.88. The number of nitrogens with one attached hydrogen (secondary N) is 1. The number of non-ortho nitro benzene ring substituents is 1. The summed E-state index contributed by atoms with van der Waals surface area (Å²) in [5, 5.41) is 13.9. The maximum atomic E-state index is 10.8. The molecule has 0 bridgehead atoms. The molecule has 0 saturated heterocycles. The largest absolute Gasteiger partial charge is 0.455 e. The fourth-order valence-electron chi connectivity index (χ4n) is 1.75. The Morgan fingerprint density at radius 2 is 1.76 bits per heavy atom. The van der Waals surface area contributed by atoms with Crippen LogP contribution >= 0.6 is 31.9 Å². The molecule has 110 valence electrons. The number of benzene rings is 2. The highest BCUT2D eigenvalue weighted by Gasteiger charge is 2.15. The van der Waals surface area contributed by atoms with Crippen LogP contribution in [0.25, 0.3) is 0 Å². The Bertz CT molecular complexity index is 637. The first-order valence-electron chi connectivity index (χ1n) is 6.06. The van der Waals surface area contributed by atoms with Crippen molar-refractivity contribution in [3.63, 3.8) is 0 Å². The lowest BCUT2D eigenvalue weighted by Crippen LogP contribution is -2.04. The van der Waals surface area contributed by atoms with Gasteiger partial charge in [-0.3, -0.25) is 10.1 Å². The maximum Gasteiger partial charge on any atom is 0.271 e. The summed E-state index contributed by atoms with van der Waals surface area (Å²) >= 11 is 6.59. The van der Waals surface area contributed by atoms with Gasteiger partial charge in [-0.2, -0.15) is 0 Å². The molecule has 2 aromatic carbocycles. The average Bonchev–Trinajstić information content (AvgIpc) is 2.44. The molecule has 1 N–H and O–H groups in total. The minimum atomic E-state index is -0.453. The monoisotopic (exact) mass is 414 g/mol. The Morgan fingerprint density at radius 1 is 1.19 bits per heavy atom. The fraction of sp³-hybridized carbons (Fsp3) is 0.143. The third-order valence-electron chi connectivity index (χ3n) is 2.72. The van der Waals surface area contributed by atoms with Gasteiger partial charge in [0, 0.05) is 18.7 Å². The zero-order valence-electron chi connectivity index (χ0n) is 11.1. The first-order chi connectivity index (χ1) is 10.0. The van der Waals surface area contributed by atoms with Crippen molar-refractivity contribution in [2.45, 2.75) is 6.54 Å². The minimum Gasteiger partial charge on any atom is -0.455 e. The molecule has 5 nitrogen and oxygen atoms in total. The van der Waals surface area contributed by atoms with Gasteiger partial charge in [-0.05, 0) is 56.6 Å². The van der Waals surface area contributed by atoms with Gasteiger partial charge in [0.1, 0.15) is 5.75 Å². The first-order valence-corrected chi connectivity index (χ1v) is 7.64. The first kappa shape index (κ1) is 15.9. The van der Waals surface area contributed by atoms with E-state index in [1.807, 2.05) is 31.3 Å². The maximum absolute atomic E-state index is 10.8. The van der Waals surface area contributed by atoms with E-state index in [9.17, 15) is 10.1 Å². The molecule has 0 heterocycles. The molecule has 0 amide bonds. The molecule has 0 aliphatic rings. The Hall–Kier alpha value is -1.44. The minimum absolute atomic E-state index is 0.00883. The molecular formula is C14H12Br2N2O3. The third-order valence-corrected chi connectivity index (χ3v) is 3.90. The summed E-state index contributed by atoms with van der Waals surface area (Å²) in [6, 6.07) is 10.4. The summed E-state index contributed by atoms with van der Waals surface area (Å²) < 4.78 is 6.80. The Balaban J connectivity index is 2.25. The van der Waals surface area contributed by atoms with Crippen molar-refractivity contribution in [1.29, 1.82) is 0 Å². The van der Waals surface area contributed by atoms with Gasteiger partial charge in [-0.15, -0.1) is 0 Å². The summed E-state index contributed by atoms with van der Waals surface area (Å²) in [6.45, 7) is 0.783. The van der Waals surface area contributed by atoms with E-state index >= 15 is 0 Å². The highest BCUT2D eigenvalue weighted by molar-refractivity contribution is 9.11. The predicted molar refractivity (Wildman–Crippen MR) is 87.8 cm³/mol. The zero-order valence-corrected chi connectivity index (χ0v) is 14.3. The zero-order chi connectivity index (χ0) is 15.4. The van der Waals surface area contributed by atoms with E-state index in [0.29, 0.717) is 20.4 Å². The molecule has 2 rings (SSSR count). The normalized spacial score (nSPS) is 10.4. The molecule has 0 aliphatic heterocycles. The van der Waals surface area contributed by atoms with Crippen molar-refractivity contribution in [3.8, 4) is 11.5 Å². The highest BCUT2D eigenvalue weighted by Crippen LogP contribution is 2.39. The van der Waals surface area contributed by atoms with Gasteiger partial charge < -0.3 is 10.1 Å². The second-order valence-electron chi connectivity index (χ2n) is 4.27. The van der Waals surface area contributed by atoms with Gasteiger partial charge in [0.25, 0.3) is 5.69 Å². The molecular weight excluding hydrogens is 404 g/mol. The Morgan fingerprint density at radius 3 is 2.24 bits per heavy atom. The second kappa shape index (κ2) is 7.02. The van der Waals surface area contributed by atoms with Crippen LogP contribution in [-0.2, 0) is 6.54 Å². The molecule has 0 spiro atoms. The van der Waals surface area contributed by atoms with E-state index < -0.39 is 4.92 Å². The second-order valence-corrected chi connectivity index (χ2v) is 5.98. The van der Waals surface area contributed by atoms with Crippen LogP contribution in [-0.4, -0.2) is 12.0 Å². The molecule has 0 unspecified atom stereocenters. The van der Waals surface area contributed by atoms with Crippen molar-refractivity contribution in [3.05, 3.63) is 61.0 Å². The Labute approximate surface area is 138 Å². The SMILES string of the molecule is CNCc1ccc(Oc2c(Br)cc([N+](=O)[O-])cc2Br)cc1. The van der Waals surface area contributed by atoms with Crippen LogP contribution < -0.4 is 10.1 Å². The van der Waals surface area contributed by atoms with E-state index in [0.717, 1.165) is 12.1 Å². The van der Waals surface area contributed by atoms with E-state index in [4.69, 9.17) is 4.74 Å². The average molecular weight is 416 g/mol. The molecule has 0 radical (unpaired) electrons. The molecule has 0 aliphatic carbocycles. The number of hydrogen-bond acceptors (Lipinski definition) is 4. The van der Waals surface area contributed by atoms with Crippen LogP contribution in [0.5, 0.6) is 11.5 Å². The smallest absolute Gasteiger partial charge is 0.271 e. The lowest BCUT2D eigenvalue weighted by molar-refractivity contribution is -0.385. The molecule has 0 aromatic heterocycles. The summed E-state index contributed by atoms with van der Waals surface area (Å²) in [6.07, 6.45) is 0. The van der Waals surface area contributed by atoms with Crippen LogP contribution in [0.4, 0.5) is 5.69 Å².